The van der Waals surface area contributed by atoms with Crippen LogP contribution in [0, 0.1) is 5.92 Å². The molecule has 0 unspecified atom stereocenters. The molecule has 1 aromatic heterocycles. The van der Waals surface area contributed by atoms with Crippen molar-refractivity contribution >= 4 is 34.5 Å². The lowest BCUT2D eigenvalue weighted by atomic mass is 9.97. The van der Waals surface area contributed by atoms with Crippen LogP contribution >= 0.6 is 11.8 Å². The number of ketones is 1. The van der Waals surface area contributed by atoms with Crippen molar-refractivity contribution in [1.82, 2.24) is 15.3 Å². The Morgan fingerprint density at radius 3 is 2.60 bits per heavy atom. The lowest BCUT2D eigenvalue weighted by molar-refractivity contribution is -0.125. The van der Waals surface area contributed by atoms with Crippen molar-refractivity contribution in [3.05, 3.63) is 18.2 Å². The molecule has 0 radical (unpaired) electrons. The van der Waals surface area contributed by atoms with Gasteiger partial charge in [-0.25, -0.2) is 4.98 Å². The molecule has 9 nitrogen and oxygen atoms in total. The normalized spacial score (nSPS) is 13.0. The maximum atomic E-state index is 12.5. The first-order chi connectivity index (χ1) is 11.8. The molecular weight excluding hydrogens is 346 g/mol. The van der Waals surface area contributed by atoms with Crippen LogP contribution in [0.3, 0.4) is 0 Å². The topological polar surface area (TPSA) is 161 Å². The number of carbonyl (C=O) groups excluding carboxylic acids is 4. The van der Waals surface area contributed by atoms with Gasteiger partial charge in [-0.05, 0) is 6.54 Å². The molecule has 2 amide bonds. The summed E-state index contributed by atoms with van der Waals surface area (Å²) in [6, 6.07) is -0.945. The van der Waals surface area contributed by atoms with Gasteiger partial charge < -0.3 is 21.8 Å². The molecule has 1 aromatic rings. The molecule has 0 aliphatic rings. The SMILES string of the molecule is CC(=O)N[C@@H](CSC(=O)[C@@H](CC(=O)CCN)Cc1cnc[nH]1)C(N)=O. The molecule has 6 N–H and O–H groups in total. The number of nitrogens with one attached hydrogen (secondary N) is 2. The summed E-state index contributed by atoms with van der Waals surface area (Å²) in [6.45, 7) is 1.48. The van der Waals surface area contributed by atoms with Gasteiger partial charge in [-0.3, -0.25) is 19.2 Å². The number of aromatic nitrogens is 2. The molecule has 0 saturated heterocycles. The molecule has 25 heavy (non-hydrogen) atoms. The third-order valence-corrected chi connectivity index (χ3v) is 4.48. The van der Waals surface area contributed by atoms with Gasteiger partial charge >= 0.3 is 0 Å². The van der Waals surface area contributed by atoms with Gasteiger partial charge in [0.05, 0.1) is 6.33 Å². The zero-order chi connectivity index (χ0) is 18.8. The number of carbonyl (C=O) groups is 4. The number of hydrogen-bond acceptors (Lipinski definition) is 7. The second-order valence-electron chi connectivity index (χ2n) is 5.54. The number of nitrogens with two attached hydrogens (primary N) is 2. The van der Waals surface area contributed by atoms with E-state index in [0.29, 0.717) is 6.42 Å². The minimum atomic E-state index is -0.945. The number of nitrogens with zero attached hydrogens (tertiary/aromatic N) is 1. The van der Waals surface area contributed by atoms with Gasteiger partial charge in [0, 0.05) is 49.7 Å². The minimum Gasteiger partial charge on any atom is -0.368 e. The maximum Gasteiger partial charge on any atom is 0.240 e. The average molecular weight is 369 g/mol. The predicted molar refractivity (Wildman–Crippen MR) is 93.3 cm³/mol. The van der Waals surface area contributed by atoms with Crippen LogP contribution in [0.4, 0.5) is 0 Å². The summed E-state index contributed by atoms with van der Waals surface area (Å²) in [7, 11) is 0. The highest BCUT2D eigenvalue weighted by atomic mass is 32.2. The van der Waals surface area contributed by atoms with E-state index >= 15 is 0 Å². The Morgan fingerprint density at radius 2 is 2.08 bits per heavy atom. The first kappa shape index (κ1) is 20.8. The highest BCUT2D eigenvalue weighted by Gasteiger charge is 2.25. The van der Waals surface area contributed by atoms with Crippen molar-refractivity contribution in [2.24, 2.45) is 17.4 Å². The fraction of sp³-hybridized carbons (Fsp3) is 0.533. The molecule has 0 bridgehead atoms. The van der Waals surface area contributed by atoms with E-state index in [1.165, 1.54) is 13.3 Å². The number of H-pyrrole nitrogens is 1. The third-order valence-electron chi connectivity index (χ3n) is 3.36. The highest BCUT2D eigenvalue weighted by molar-refractivity contribution is 8.13. The Balaban J connectivity index is 2.71. The average Bonchev–Trinajstić information content (AvgIpc) is 3.03. The summed E-state index contributed by atoms with van der Waals surface area (Å²) < 4.78 is 0. The number of primary amides is 1. The van der Waals surface area contributed by atoms with Crippen molar-refractivity contribution in [2.45, 2.75) is 32.2 Å². The zero-order valence-electron chi connectivity index (χ0n) is 14.0. The Morgan fingerprint density at radius 1 is 1.36 bits per heavy atom. The number of rotatable bonds is 11. The Bertz CT molecular complexity index is 605. The van der Waals surface area contributed by atoms with Crippen LogP contribution in [0.5, 0.6) is 0 Å². The van der Waals surface area contributed by atoms with Gasteiger partial charge in [0.2, 0.25) is 11.8 Å². The number of amides is 2. The maximum absolute atomic E-state index is 12.5. The molecule has 1 heterocycles. The first-order valence-corrected chi connectivity index (χ1v) is 8.74. The summed E-state index contributed by atoms with van der Waals surface area (Å²) >= 11 is 0.873. The molecule has 0 spiro atoms. The lowest BCUT2D eigenvalue weighted by Crippen LogP contribution is -2.45. The van der Waals surface area contributed by atoms with Crippen LogP contribution in [0.25, 0.3) is 0 Å². The quantitative estimate of drug-likeness (QED) is 0.394. The van der Waals surface area contributed by atoms with Crippen LogP contribution in [-0.4, -0.2) is 51.0 Å². The molecule has 2 atom stereocenters. The molecule has 1 rings (SSSR count). The van der Waals surface area contributed by atoms with Crippen LogP contribution in [0.15, 0.2) is 12.5 Å². The van der Waals surface area contributed by atoms with E-state index in [4.69, 9.17) is 11.5 Å². The van der Waals surface area contributed by atoms with E-state index in [1.54, 1.807) is 6.20 Å². The predicted octanol–water partition coefficient (Wildman–Crippen LogP) is -0.874. The van der Waals surface area contributed by atoms with E-state index in [0.717, 1.165) is 17.5 Å². The number of aromatic amines is 1. The van der Waals surface area contributed by atoms with Crippen LogP contribution < -0.4 is 16.8 Å². The van der Waals surface area contributed by atoms with Gasteiger partial charge in [0.25, 0.3) is 0 Å². The van der Waals surface area contributed by atoms with Crippen molar-refractivity contribution in [3.63, 3.8) is 0 Å². The van der Waals surface area contributed by atoms with Crippen LogP contribution in [0.1, 0.15) is 25.5 Å². The summed E-state index contributed by atoms with van der Waals surface area (Å²) in [5, 5.41) is 2.14. The molecule has 0 aliphatic heterocycles. The Labute approximate surface area is 149 Å². The largest absolute Gasteiger partial charge is 0.368 e. The first-order valence-electron chi connectivity index (χ1n) is 7.75. The van der Waals surface area contributed by atoms with Crippen LogP contribution in [0.2, 0.25) is 0 Å². The monoisotopic (exact) mass is 369 g/mol. The highest BCUT2D eigenvalue weighted by Crippen LogP contribution is 2.20. The van der Waals surface area contributed by atoms with E-state index in [2.05, 4.69) is 15.3 Å². The van der Waals surface area contributed by atoms with E-state index in [-0.39, 0.29) is 36.0 Å². The van der Waals surface area contributed by atoms with Crippen molar-refractivity contribution < 1.29 is 19.2 Å². The molecule has 0 saturated carbocycles. The molecule has 0 aliphatic carbocycles. The smallest absolute Gasteiger partial charge is 0.240 e. The van der Waals surface area contributed by atoms with E-state index < -0.39 is 23.8 Å². The Kier molecular flexibility index (Phi) is 8.86. The fourth-order valence-electron chi connectivity index (χ4n) is 2.16. The fourth-order valence-corrected chi connectivity index (χ4v) is 3.14. The second-order valence-corrected chi connectivity index (χ2v) is 6.57. The van der Waals surface area contributed by atoms with Crippen molar-refractivity contribution in [3.8, 4) is 0 Å². The lowest BCUT2D eigenvalue weighted by Gasteiger charge is -2.17. The third kappa shape index (κ3) is 7.94. The summed E-state index contributed by atoms with van der Waals surface area (Å²) in [4.78, 5) is 53.6. The molecular formula is C15H23N5O4S. The minimum absolute atomic E-state index is 0.0122. The van der Waals surface area contributed by atoms with Gasteiger partial charge in [-0.15, -0.1) is 0 Å². The van der Waals surface area contributed by atoms with Crippen LogP contribution in [-0.2, 0) is 25.6 Å². The van der Waals surface area contributed by atoms with E-state index in [9.17, 15) is 19.2 Å². The van der Waals surface area contributed by atoms with Gasteiger partial charge in [0.15, 0.2) is 5.12 Å². The van der Waals surface area contributed by atoms with E-state index in [1.807, 2.05) is 0 Å². The summed E-state index contributed by atoms with van der Waals surface area (Å²) in [5.74, 6) is -1.80. The summed E-state index contributed by atoms with van der Waals surface area (Å²) in [5.41, 5.74) is 11.3. The number of thioether (sulfide) groups is 1. The standard InChI is InChI=1S/C15H23N5O4S/c1-9(21)20-13(14(17)23)7-25-15(24)10(5-12(22)2-3-16)4-11-6-18-8-19-11/h6,8,10,13H,2-5,7,16H2,1H3,(H2,17,23)(H,18,19)(H,20,21)/t10-,13+/m1/s1. The van der Waals surface area contributed by atoms with Gasteiger partial charge in [-0.1, -0.05) is 11.8 Å². The van der Waals surface area contributed by atoms with Gasteiger partial charge in [-0.2, -0.15) is 0 Å². The zero-order valence-corrected chi connectivity index (χ0v) is 14.8. The molecule has 138 valence electrons. The second kappa shape index (κ2) is 10.6. The van der Waals surface area contributed by atoms with Crippen molar-refractivity contribution in [2.75, 3.05) is 12.3 Å². The summed E-state index contributed by atoms with van der Waals surface area (Å²) in [6.07, 6.45) is 3.66. The molecule has 10 heteroatoms. The number of Topliss-reactive ketones (excluding diaryl/α,β-unsaturated/α-hetero) is 1. The van der Waals surface area contributed by atoms with Crippen molar-refractivity contribution in [1.29, 1.82) is 0 Å². The van der Waals surface area contributed by atoms with Gasteiger partial charge in [0.1, 0.15) is 11.8 Å². The number of hydrogen-bond donors (Lipinski definition) is 4. The molecule has 0 aromatic carbocycles. The molecule has 0 fully saturated rings. The number of imidazole rings is 1. The Hall–Kier alpha value is -2.20.